The Balaban J connectivity index is 1.27. The highest BCUT2D eigenvalue weighted by atomic mass is 35.5. The fraction of sp³-hybridized carbons (Fsp3) is 0.625. The van der Waals surface area contributed by atoms with E-state index in [2.05, 4.69) is 25.2 Å². The predicted molar refractivity (Wildman–Crippen MR) is 88.8 cm³/mol. The summed E-state index contributed by atoms with van der Waals surface area (Å²) in [5, 5.41) is 8.95. The van der Waals surface area contributed by atoms with Crippen LogP contribution >= 0.6 is 11.6 Å². The number of hydrogen-bond donors (Lipinski definition) is 0. The van der Waals surface area contributed by atoms with Gasteiger partial charge in [0.05, 0.1) is 29.7 Å². The Morgan fingerprint density at radius 2 is 1.88 bits per heavy atom. The Morgan fingerprint density at radius 1 is 1.12 bits per heavy atom. The van der Waals surface area contributed by atoms with Gasteiger partial charge in [-0.3, -0.25) is 0 Å². The van der Waals surface area contributed by atoms with Gasteiger partial charge in [0.15, 0.2) is 0 Å². The van der Waals surface area contributed by atoms with E-state index >= 15 is 0 Å². The fourth-order valence-electron chi connectivity index (χ4n) is 3.10. The van der Waals surface area contributed by atoms with Gasteiger partial charge < -0.3 is 9.64 Å². The van der Waals surface area contributed by atoms with Crippen LogP contribution in [-0.2, 0) is 6.61 Å². The average molecular weight is 349 g/mol. The number of nitrogens with zero attached hydrogens (tertiary/aromatic N) is 6. The Bertz CT molecular complexity index is 663. The summed E-state index contributed by atoms with van der Waals surface area (Å²) < 4.78 is 7.49. The lowest BCUT2D eigenvalue weighted by Gasteiger charge is -2.31. The SMILES string of the molecule is Clc1cnc(OCc2cn(C3CCN(CC4CC4)CC3)nn2)nc1. The van der Waals surface area contributed by atoms with Crippen LogP contribution in [0.4, 0.5) is 0 Å². The Labute approximate surface area is 146 Å². The van der Waals surface area contributed by atoms with E-state index in [-0.39, 0.29) is 0 Å². The average Bonchev–Trinajstić information content (AvgIpc) is 3.29. The molecule has 0 radical (unpaired) electrons. The second-order valence-electron chi connectivity index (χ2n) is 6.64. The standard InChI is InChI=1S/C16H21ClN6O/c17-13-7-18-16(19-8-13)24-11-14-10-23(21-20-14)15-3-5-22(6-4-15)9-12-1-2-12/h7-8,10,12,15H,1-6,9,11H2. The summed E-state index contributed by atoms with van der Waals surface area (Å²) in [7, 11) is 0. The third kappa shape index (κ3) is 4.02. The van der Waals surface area contributed by atoms with Crippen molar-refractivity contribution in [2.75, 3.05) is 19.6 Å². The molecule has 2 fully saturated rings. The molecule has 3 heterocycles. The molecule has 0 atom stereocenters. The zero-order chi connectivity index (χ0) is 16.4. The van der Waals surface area contributed by atoms with Gasteiger partial charge in [-0.15, -0.1) is 5.10 Å². The molecular formula is C16H21ClN6O. The van der Waals surface area contributed by atoms with E-state index in [4.69, 9.17) is 16.3 Å². The number of rotatable bonds is 6. The number of hydrogen-bond acceptors (Lipinski definition) is 6. The van der Waals surface area contributed by atoms with Gasteiger partial charge in [0, 0.05) is 19.6 Å². The zero-order valence-electron chi connectivity index (χ0n) is 13.5. The highest BCUT2D eigenvalue weighted by molar-refractivity contribution is 6.30. The Morgan fingerprint density at radius 3 is 2.58 bits per heavy atom. The van der Waals surface area contributed by atoms with Gasteiger partial charge in [-0.1, -0.05) is 16.8 Å². The van der Waals surface area contributed by atoms with Crippen LogP contribution < -0.4 is 4.74 Å². The molecule has 2 aromatic heterocycles. The van der Waals surface area contributed by atoms with Crippen molar-refractivity contribution in [1.82, 2.24) is 29.9 Å². The van der Waals surface area contributed by atoms with E-state index in [9.17, 15) is 0 Å². The maximum Gasteiger partial charge on any atom is 0.316 e. The van der Waals surface area contributed by atoms with Crippen molar-refractivity contribution >= 4 is 11.6 Å². The van der Waals surface area contributed by atoms with Gasteiger partial charge in [-0.25, -0.2) is 14.6 Å². The van der Waals surface area contributed by atoms with Crippen LogP contribution in [0.2, 0.25) is 5.02 Å². The normalized spacial score (nSPS) is 19.5. The lowest BCUT2D eigenvalue weighted by atomic mass is 10.1. The highest BCUT2D eigenvalue weighted by Gasteiger charge is 2.27. The summed E-state index contributed by atoms with van der Waals surface area (Å²) in [5.41, 5.74) is 0.786. The lowest BCUT2D eigenvalue weighted by Crippen LogP contribution is -2.36. The summed E-state index contributed by atoms with van der Waals surface area (Å²) in [4.78, 5) is 10.6. The van der Waals surface area contributed by atoms with Crippen molar-refractivity contribution in [2.45, 2.75) is 38.3 Å². The minimum absolute atomic E-state index is 0.294. The smallest absolute Gasteiger partial charge is 0.316 e. The molecule has 1 saturated carbocycles. The molecule has 4 rings (SSSR count). The quantitative estimate of drug-likeness (QED) is 0.798. The van der Waals surface area contributed by atoms with Gasteiger partial charge in [-0.05, 0) is 31.6 Å². The molecule has 1 aliphatic carbocycles. The minimum atomic E-state index is 0.294. The van der Waals surface area contributed by atoms with Gasteiger partial charge in [0.1, 0.15) is 12.3 Å². The molecule has 8 heteroatoms. The molecule has 0 N–H and O–H groups in total. The van der Waals surface area contributed by atoms with Gasteiger partial charge >= 0.3 is 6.01 Å². The van der Waals surface area contributed by atoms with Crippen LogP contribution in [0.25, 0.3) is 0 Å². The molecule has 7 nitrogen and oxygen atoms in total. The number of halogens is 1. The number of aromatic nitrogens is 5. The van der Waals surface area contributed by atoms with E-state index < -0.39 is 0 Å². The van der Waals surface area contributed by atoms with Gasteiger partial charge in [0.25, 0.3) is 0 Å². The number of piperidine rings is 1. The molecule has 1 saturated heterocycles. The van der Waals surface area contributed by atoms with Crippen LogP contribution in [0.15, 0.2) is 18.6 Å². The van der Waals surface area contributed by atoms with Crippen LogP contribution in [0.1, 0.15) is 37.4 Å². The zero-order valence-corrected chi connectivity index (χ0v) is 14.3. The van der Waals surface area contributed by atoms with Gasteiger partial charge in [0.2, 0.25) is 0 Å². The first-order valence-corrected chi connectivity index (χ1v) is 8.87. The third-order valence-corrected chi connectivity index (χ3v) is 4.84. The Kier molecular flexibility index (Phi) is 4.62. The fourth-order valence-corrected chi connectivity index (χ4v) is 3.20. The van der Waals surface area contributed by atoms with Crippen molar-refractivity contribution in [3.63, 3.8) is 0 Å². The molecular weight excluding hydrogens is 328 g/mol. The molecule has 0 amide bonds. The van der Waals surface area contributed by atoms with Crippen molar-refractivity contribution in [3.05, 3.63) is 29.3 Å². The first kappa shape index (κ1) is 15.8. The van der Waals surface area contributed by atoms with Crippen LogP contribution in [0.3, 0.4) is 0 Å². The van der Waals surface area contributed by atoms with E-state index in [1.807, 2.05) is 10.9 Å². The molecule has 1 aliphatic heterocycles. The van der Waals surface area contributed by atoms with E-state index in [0.717, 1.165) is 37.5 Å². The summed E-state index contributed by atoms with van der Waals surface area (Å²) >= 11 is 5.75. The van der Waals surface area contributed by atoms with Gasteiger partial charge in [-0.2, -0.15) is 0 Å². The monoisotopic (exact) mass is 348 g/mol. The third-order valence-electron chi connectivity index (χ3n) is 4.65. The largest absolute Gasteiger partial charge is 0.457 e. The molecule has 0 aromatic carbocycles. The second-order valence-corrected chi connectivity index (χ2v) is 7.07. The minimum Gasteiger partial charge on any atom is -0.457 e. The lowest BCUT2D eigenvalue weighted by molar-refractivity contribution is 0.173. The summed E-state index contributed by atoms with van der Waals surface area (Å²) in [5.74, 6) is 0.965. The van der Waals surface area contributed by atoms with Crippen LogP contribution in [0, 0.1) is 5.92 Å². The maximum absolute atomic E-state index is 5.75. The topological polar surface area (TPSA) is 69.0 Å². The summed E-state index contributed by atoms with van der Waals surface area (Å²) in [6.07, 6.45) is 10.1. The molecule has 0 bridgehead atoms. The molecule has 0 unspecified atom stereocenters. The molecule has 128 valence electrons. The molecule has 2 aliphatic rings. The maximum atomic E-state index is 5.75. The summed E-state index contributed by atoms with van der Waals surface area (Å²) in [6.45, 7) is 3.91. The first-order chi connectivity index (χ1) is 11.8. The highest BCUT2D eigenvalue weighted by Crippen LogP contribution is 2.31. The van der Waals surface area contributed by atoms with Crippen molar-refractivity contribution in [1.29, 1.82) is 0 Å². The van der Waals surface area contributed by atoms with Crippen LogP contribution in [-0.4, -0.2) is 49.5 Å². The second kappa shape index (κ2) is 7.03. The number of likely N-dealkylation sites (tertiary alicyclic amines) is 1. The number of ether oxygens (including phenoxy) is 1. The molecule has 2 aromatic rings. The predicted octanol–water partition coefficient (Wildman–Crippen LogP) is 2.35. The van der Waals surface area contributed by atoms with E-state index in [1.54, 1.807) is 0 Å². The first-order valence-electron chi connectivity index (χ1n) is 8.49. The molecule has 0 spiro atoms. The van der Waals surface area contributed by atoms with Crippen molar-refractivity contribution in [3.8, 4) is 6.01 Å². The van der Waals surface area contributed by atoms with Crippen molar-refractivity contribution < 1.29 is 4.74 Å². The van der Waals surface area contributed by atoms with Crippen LogP contribution in [0.5, 0.6) is 6.01 Å². The Hall–Kier alpha value is -1.73. The van der Waals surface area contributed by atoms with Crippen molar-refractivity contribution in [2.24, 2.45) is 5.92 Å². The van der Waals surface area contributed by atoms with E-state index in [0.29, 0.717) is 23.7 Å². The summed E-state index contributed by atoms with van der Waals surface area (Å²) in [6, 6.07) is 0.732. The molecule has 24 heavy (non-hydrogen) atoms. The van der Waals surface area contributed by atoms with E-state index in [1.165, 1.54) is 31.8 Å².